The molecular weight excluding hydrogens is 481 g/mol. The summed E-state index contributed by atoms with van der Waals surface area (Å²) in [6, 6.07) is 16.0. The summed E-state index contributed by atoms with van der Waals surface area (Å²) < 4.78 is 51.3. The van der Waals surface area contributed by atoms with Crippen LogP contribution in [0.4, 0.5) is 18.9 Å². The van der Waals surface area contributed by atoms with Crippen molar-refractivity contribution in [1.29, 1.82) is 5.26 Å². The molecule has 0 spiro atoms. The number of carbonyl (C=O) groups excluding carboxylic acids is 1. The summed E-state index contributed by atoms with van der Waals surface area (Å²) in [6.07, 6.45) is -0.765. The summed E-state index contributed by atoms with van der Waals surface area (Å²) >= 11 is 0. The largest absolute Gasteiger partial charge is 0.490 e. The minimum absolute atomic E-state index is 0.110. The van der Waals surface area contributed by atoms with E-state index in [-0.39, 0.29) is 17.9 Å². The zero-order valence-corrected chi connectivity index (χ0v) is 20.0. The van der Waals surface area contributed by atoms with Gasteiger partial charge in [0.1, 0.15) is 6.61 Å². The zero-order chi connectivity index (χ0) is 26.6. The fourth-order valence-electron chi connectivity index (χ4n) is 4.09. The second-order valence-corrected chi connectivity index (χ2v) is 8.26. The van der Waals surface area contributed by atoms with Gasteiger partial charge in [0.15, 0.2) is 11.5 Å². The van der Waals surface area contributed by atoms with Crippen LogP contribution >= 0.6 is 0 Å². The Morgan fingerprint density at radius 3 is 2.57 bits per heavy atom. The molecule has 1 heterocycles. The number of alkyl halides is 3. The molecule has 0 atom stereocenters. The molecule has 1 N–H and O–H groups in total. The third kappa shape index (κ3) is 5.51. The molecule has 5 nitrogen and oxygen atoms in total. The van der Waals surface area contributed by atoms with Crippen LogP contribution in [-0.2, 0) is 24.0 Å². The highest BCUT2D eigenvalue weighted by atomic mass is 19.4. The first-order chi connectivity index (χ1) is 17.7. The number of amides is 1. The molecule has 0 fully saturated rings. The van der Waals surface area contributed by atoms with E-state index in [0.29, 0.717) is 41.2 Å². The van der Waals surface area contributed by atoms with Gasteiger partial charge in [-0.1, -0.05) is 30.3 Å². The smallest absolute Gasteiger partial charge is 0.416 e. The van der Waals surface area contributed by atoms with Gasteiger partial charge in [-0.25, -0.2) is 0 Å². The molecule has 0 aromatic heterocycles. The highest BCUT2D eigenvalue weighted by Gasteiger charge is 2.33. The number of ether oxygens (including phenoxy) is 2. The Hall–Kier alpha value is -4.51. The summed E-state index contributed by atoms with van der Waals surface area (Å²) in [4.78, 5) is 12.6. The summed E-state index contributed by atoms with van der Waals surface area (Å²) in [7, 11) is 0. The normalized spacial score (nSPS) is 13.6. The Morgan fingerprint density at radius 2 is 1.86 bits per heavy atom. The number of hydrogen-bond donors (Lipinski definition) is 1. The molecule has 4 rings (SSSR count). The van der Waals surface area contributed by atoms with Crippen molar-refractivity contribution in [3.8, 4) is 17.6 Å². The van der Waals surface area contributed by atoms with Gasteiger partial charge in [-0.05, 0) is 55.3 Å². The number of nitriles is 1. The van der Waals surface area contributed by atoms with Crippen molar-refractivity contribution < 1.29 is 27.4 Å². The van der Waals surface area contributed by atoms with Gasteiger partial charge in [0.25, 0.3) is 5.91 Å². The Kier molecular flexibility index (Phi) is 7.35. The van der Waals surface area contributed by atoms with Crippen molar-refractivity contribution in [2.45, 2.75) is 26.1 Å². The highest BCUT2D eigenvalue weighted by Crippen LogP contribution is 2.40. The molecule has 8 heteroatoms. The van der Waals surface area contributed by atoms with Gasteiger partial charge < -0.3 is 14.8 Å². The fraction of sp³-hybridized carbons (Fsp3) is 0.172. The number of hydrogen-bond acceptors (Lipinski definition) is 4. The maximum atomic E-state index is 13.1. The Morgan fingerprint density at radius 1 is 1.08 bits per heavy atom. The predicted octanol–water partition coefficient (Wildman–Crippen LogP) is 6.78. The third-order valence-corrected chi connectivity index (χ3v) is 5.77. The van der Waals surface area contributed by atoms with Crippen LogP contribution in [-0.4, -0.2) is 12.5 Å². The minimum Gasteiger partial charge on any atom is -0.490 e. The molecule has 37 heavy (non-hydrogen) atoms. The lowest BCUT2D eigenvalue weighted by Crippen LogP contribution is -2.06. The molecule has 0 radical (unpaired) electrons. The molecule has 1 amide bonds. The van der Waals surface area contributed by atoms with E-state index in [2.05, 4.69) is 18.0 Å². The van der Waals surface area contributed by atoms with Crippen LogP contribution in [0.2, 0.25) is 0 Å². The number of anilines is 1. The molecule has 3 aromatic carbocycles. The fourth-order valence-corrected chi connectivity index (χ4v) is 4.09. The summed E-state index contributed by atoms with van der Waals surface area (Å²) in [5.41, 5.74) is 2.49. The number of allylic oxidation sites excluding steroid dienone is 1. The van der Waals surface area contributed by atoms with E-state index in [9.17, 15) is 23.2 Å². The summed E-state index contributed by atoms with van der Waals surface area (Å²) in [5, 5.41) is 11.9. The maximum absolute atomic E-state index is 13.1. The summed E-state index contributed by atoms with van der Waals surface area (Å²) in [5.74, 6) is 0.433. The van der Waals surface area contributed by atoms with E-state index in [1.807, 2.05) is 25.1 Å². The van der Waals surface area contributed by atoms with Crippen molar-refractivity contribution in [3.63, 3.8) is 0 Å². The molecule has 1 aliphatic heterocycles. The Bertz CT molecular complexity index is 1440. The van der Waals surface area contributed by atoms with Gasteiger partial charge in [0, 0.05) is 28.0 Å². The first-order valence-corrected chi connectivity index (χ1v) is 11.5. The standard InChI is InChI=1S/C29H23F3N2O3/c1-3-7-19-12-18(13-24-23-11-10-22(29(30,31)32)15-25(23)34-28(24)35)14-26(36-4-2)27(19)37-17-21-9-6-5-8-20(21)16-33/h3,5-6,8-15H,1,4,7,17H2,2H3,(H,34,35)/b24-13-. The van der Waals surface area contributed by atoms with E-state index in [1.54, 1.807) is 30.4 Å². The Balaban J connectivity index is 1.73. The Labute approximate surface area is 212 Å². The van der Waals surface area contributed by atoms with Crippen molar-refractivity contribution >= 4 is 23.2 Å². The van der Waals surface area contributed by atoms with Crippen LogP contribution < -0.4 is 14.8 Å². The van der Waals surface area contributed by atoms with Crippen molar-refractivity contribution in [1.82, 2.24) is 0 Å². The van der Waals surface area contributed by atoms with Crippen LogP contribution in [0.3, 0.4) is 0 Å². The zero-order valence-electron chi connectivity index (χ0n) is 20.0. The van der Waals surface area contributed by atoms with E-state index in [4.69, 9.17) is 9.47 Å². The summed E-state index contributed by atoms with van der Waals surface area (Å²) in [6.45, 7) is 6.13. The molecule has 0 aliphatic carbocycles. The van der Waals surface area contributed by atoms with Gasteiger partial charge in [-0.2, -0.15) is 18.4 Å². The molecular formula is C29H23F3N2O3. The third-order valence-electron chi connectivity index (χ3n) is 5.77. The number of rotatable bonds is 8. The number of nitrogens with one attached hydrogen (secondary N) is 1. The second-order valence-electron chi connectivity index (χ2n) is 8.26. The molecule has 0 saturated heterocycles. The quantitative estimate of drug-likeness (QED) is 0.271. The van der Waals surface area contributed by atoms with Crippen LogP contribution in [0, 0.1) is 11.3 Å². The molecule has 1 aliphatic rings. The topological polar surface area (TPSA) is 71.3 Å². The van der Waals surface area contributed by atoms with Crippen molar-refractivity contribution in [2.24, 2.45) is 0 Å². The van der Waals surface area contributed by atoms with Gasteiger partial charge in [-0.15, -0.1) is 6.58 Å². The lowest BCUT2D eigenvalue weighted by Gasteiger charge is -2.17. The number of halogens is 3. The highest BCUT2D eigenvalue weighted by molar-refractivity contribution is 6.35. The predicted molar refractivity (Wildman–Crippen MR) is 135 cm³/mol. The van der Waals surface area contributed by atoms with Crippen LogP contribution in [0.25, 0.3) is 11.6 Å². The van der Waals surface area contributed by atoms with E-state index >= 15 is 0 Å². The molecule has 0 saturated carbocycles. The van der Waals surface area contributed by atoms with E-state index in [0.717, 1.165) is 23.3 Å². The van der Waals surface area contributed by atoms with Gasteiger partial charge in [-0.3, -0.25) is 4.79 Å². The minimum atomic E-state index is -4.51. The average molecular weight is 505 g/mol. The molecule has 188 valence electrons. The van der Waals surface area contributed by atoms with E-state index in [1.165, 1.54) is 6.07 Å². The van der Waals surface area contributed by atoms with Crippen LogP contribution in [0.15, 0.2) is 67.3 Å². The van der Waals surface area contributed by atoms with Crippen molar-refractivity contribution in [3.05, 3.63) is 101 Å². The number of carbonyl (C=O) groups is 1. The SMILES string of the molecule is C=CCc1cc(/C=C2\C(=O)Nc3cc(C(F)(F)F)ccc32)cc(OCC)c1OCc1ccccc1C#N. The number of benzene rings is 3. The van der Waals surface area contributed by atoms with E-state index < -0.39 is 17.6 Å². The second kappa shape index (κ2) is 10.6. The maximum Gasteiger partial charge on any atom is 0.416 e. The first-order valence-electron chi connectivity index (χ1n) is 11.5. The van der Waals surface area contributed by atoms with Crippen molar-refractivity contribution in [2.75, 3.05) is 11.9 Å². The van der Waals surface area contributed by atoms with Crippen LogP contribution in [0.5, 0.6) is 11.5 Å². The van der Waals surface area contributed by atoms with Gasteiger partial charge in [0.2, 0.25) is 0 Å². The molecule has 0 bridgehead atoms. The lowest BCUT2D eigenvalue weighted by atomic mass is 9.99. The number of nitrogens with zero attached hydrogens (tertiary/aromatic N) is 1. The van der Waals surface area contributed by atoms with Gasteiger partial charge >= 0.3 is 6.18 Å². The first kappa shape index (κ1) is 25.6. The lowest BCUT2D eigenvalue weighted by molar-refractivity contribution is -0.137. The van der Waals surface area contributed by atoms with Gasteiger partial charge in [0.05, 0.1) is 23.8 Å². The average Bonchev–Trinajstić information content (AvgIpc) is 3.17. The monoisotopic (exact) mass is 504 g/mol. The molecule has 3 aromatic rings. The molecule has 0 unspecified atom stereocenters. The number of fused-ring (bicyclic) bond motifs is 1. The van der Waals surface area contributed by atoms with Crippen LogP contribution in [0.1, 0.15) is 40.3 Å².